The summed E-state index contributed by atoms with van der Waals surface area (Å²) in [5.41, 5.74) is -0.597. The smallest absolute Gasteiger partial charge is 0.408 e. The van der Waals surface area contributed by atoms with Gasteiger partial charge in [-0.2, -0.15) is 0 Å². The third-order valence-corrected chi connectivity index (χ3v) is 3.91. The molecule has 0 radical (unpaired) electrons. The van der Waals surface area contributed by atoms with Crippen LogP contribution in [0.1, 0.15) is 53.0 Å². The molecule has 0 aromatic carbocycles. The van der Waals surface area contributed by atoms with Gasteiger partial charge in [-0.15, -0.1) is 10.2 Å². The molecule has 0 aliphatic heterocycles. The lowest BCUT2D eigenvalue weighted by Gasteiger charge is -2.24. The first-order valence-corrected chi connectivity index (χ1v) is 8.67. The van der Waals surface area contributed by atoms with Gasteiger partial charge in [0, 0.05) is 0 Å². The SMILES string of the molecule is CCC(C)[C@H](NC(=O)OC(C)(C)C)c1nnc(SCC(=O)OC)o1. The van der Waals surface area contributed by atoms with Crippen LogP contribution >= 0.6 is 11.8 Å². The highest BCUT2D eigenvalue weighted by atomic mass is 32.2. The maximum atomic E-state index is 12.0. The maximum Gasteiger partial charge on any atom is 0.408 e. The summed E-state index contributed by atoms with van der Waals surface area (Å²) < 4.78 is 15.4. The molecular weight excluding hydrogens is 334 g/mol. The number of esters is 1. The van der Waals surface area contributed by atoms with E-state index in [-0.39, 0.29) is 28.8 Å². The van der Waals surface area contributed by atoms with Crippen molar-refractivity contribution in [3.8, 4) is 0 Å². The minimum atomic E-state index is -0.597. The molecule has 1 unspecified atom stereocenters. The van der Waals surface area contributed by atoms with Crippen molar-refractivity contribution in [2.24, 2.45) is 5.92 Å². The highest BCUT2D eigenvalue weighted by Gasteiger charge is 2.28. The zero-order chi connectivity index (χ0) is 18.3. The Morgan fingerprint density at radius 1 is 1.33 bits per heavy atom. The lowest BCUT2D eigenvalue weighted by Crippen LogP contribution is -2.37. The van der Waals surface area contributed by atoms with E-state index in [0.29, 0.717) is 0 Å². The number of nitrogens with zero attached hydrogens (tertiary/aromatic N) is 2. The van der Waals surface area contributed by atoms with Gasteiger partial charge in [-0.3, -0.25) is 4.79 Å². The highest BCUT2D eigenvalue weighted by Crippen LogP contribution is 2.26. The van der Waals surface area contributed by atoms with Gasteiger partial charge in [0.05, 0.1) is 7.11 Å². The third-order valence-electron chi connectivity index (χ3n) is 3.11. The molecule has 0 spiro atoms. The van der Waals surface area contributed by atoms with E-state index in [4.69, 9.17) is 9.15 Å². The van der Waals surface area contributed by atoms with E-state index in [0.717, 1.165) is 18.2 Å². The van der Waals surface area contributed by atoms with Crippen LogP contribution in [0.2, 0.25) is 0 Å². The fourth-order valence-electron chi connectivity index (χ4n) is 1.70. The molecule has 24 heavy (non-hydrogen) atoms. The zero-order valence-corrected chi connectivity index (χ0v) is 15.7. The Morgan fingerprint density at radius 3 is 2.54 bits per heavy atom. The predicted molar refractivity (Wildman–Crippen MR) is 88.6 cm³/mol. The van der Waals surface area contributed by atoms with E-state index >= 15 is 0 Å². The van der Waals surface area contributed by atoms with E-state index in [2.05, 4.69) is 20.3 Å². The number of ether oxygens (including phenoxy) is 2. The average Bonchev–Trinajstić information content (AvgIpc) is 2.96. The van der Waals surface area contributed by atoms with Crippen molar-refractivity contribution >= 4 is 23.8 Å². The van der Waals surface area contributed by atoms with Crippen LogP contribution in [-0.2, 0) is 14.3 Å². The van der Waals surface area contributed by atoms with Crippen LogP contribution in [0.15, 0.2) is 9.64 Å². The summed E-state index contributed by atoms with van der Waals surface area (Å²) in [5.74, 6) is 0.0372. The van der Waals surface area contributed by atoms with Crippen molar-refractivity contribution in [1.82, 2.24) is 15.5 Å². The summed E-state index contributed by atoms with van der Waals surface area (Å²) in [6.07, 6.45) is 0.253. The van der Waals surface area contributed by atoms with E-state index in [1.165, 1.54) is 7.11 Å². The topological polar surface area (TPSA) is 104 Å². The van der Waals surface area contributed by atoms with Crippen molar-refractivity contribution < 1.29 is 23.5 Å². The van der Waals surface area contributed by atoms with E-state index in [1.807, 2.05) is 13.8 Å². The molecule has 0 saturated heterocycles. The largest absolute Gasteiger partial charge is 0.468 e. The Bertz CT molecular complexity index is 556. The highest BCUT2D eigenvalue weighted by molar-refractivity contribution is 7.99. The first-order chi connectivity index (χ1) is 11.2. The lowest BCUT2D eigenvalue weighted by atomic mass is 9.99. The Labute approximate surface area is 146 Å². The molecular formula is C15H25N3O5S. The van der Waals surface area contributed by atoms with Crippen LogP contribution in [0.3, 0.4) is 0 Å². The second kappa shape index (κ2) is 8.91. The number of hydrogen-bond donors (Lipinski definition) is 1. The molecule has 2 atom stereocenters. The van der Waals surface area contributed by atoms with Crippen molar-refractivity contribution in [1.29, 1.82) is 0 Å². The second-order valence-electron chi connectivity index (χ2n) is 6.28. The van der Waals surface area contributed by atoms with Crippen LogP contribution in [0.25, 0.3) is 0 Å². The molecule has 0 aliphatic rings. The van der Waals surface area contributed by atoms with Crippen LogP contribution in [0.5, 0.6) is 0 Å². The number of alkyl carbamates (subject to hydrolysis) is 1. The summed E-state index contributed by atoms with van der Waals surface area (Å²) in [4.78, 5) is 23.2. The molecule has 0 saturated carbocycles. The number of nitrogens with one attached hydrogen (secondary N) is 1. The van der Waals surface area contributed by atoms with Crippen molar-refractivity contribution in [3.63, 3.8) is 0 Å². The normalized spacial score (nSPS) is 13.9. The first-order valence-electron chi connectivity index (χ1n) is 7.68. The van der Waals surface area contributed by atoms with Gasteiger partial charge in [0.2, 0.25) is 5.89 Å². The van der Waals surface area contributed by atoms with Gasteiger partial charge in [-0.25, -0.2) is 4.79 Å². The molecule has 0 aliphatic carbocycles. The number of amides is 1. The number of hydrogen-bond acceptors (Lipinski definition) is 8. The summed E-state index contributed by atoms with van der Waals surface area (Å²) in [5, 5.41) is 10.9. The summed E-state index contributed by atoms with van der Waals surface area (Å²) in [7, 11) is 1.31. The fourth-order valence-corrected chi connectivity index (χ4v) is 2.30. The summed E-state index contributed by atoms with van der Waals surface area (Å²) in [6.45, 7) is 9.34. The van der Waals surface area contributed by atoms with E-state index in [1.54, 1.807) is 20.8 Å². The molecule has 1 rings (SSSR count). The number of thioether (sulfide) groups is 1. The molecule has 9 heteroatoms. The molecule has 0 bridgehead atoms. The van der Waals surface area contributed by atoms with Gasteiger partial charge < -0.3 is 19.2 Å². The van der Waals surface area contributed by atoms with Gasteiger partial charge >= 0.3 is 12.1 Å². The lowest BCUT2D eigenvalue weighted by molar-refractivity contribution is -0.137. The van der Waals surface area contributed by atoms with Gasteiger partial charge in [0.1, 0.15) is 17.4 Å². The molecule has 0 fully saturated rings. The Hall–Kier alpha value is -1.77. The van der Waals surface area contributed by atoms with Crippen LogP contribution in [0, 0.1) is 5.92 Å². The van der Waals surface area contributed by atoms with Gasteiger partial charge in [-0.1, -0.05) is 32.0 Å². The number of aromatic nitrogens is 2. The molecule has 1 aromatic rings. The number of carbonyl (C=O) groups excluding carboxylic acids is 2. The maximum absolute atomic E-state index is 12.0. The summed E-state index contributed by atoms with van der Waals surface area (Å²) in [6, 6.07) is -0.468. The molecule has 1 amide bonds. The fraction of sp³-hybridized carbons (Fsp3) is 0.733. The van der Waals surface area contributed by atoms with Gasteiger partial charge in [-0.05, 0) is 26.7 Å². The van der Waals surface area contributed by atoms with Crippen molar-refractivity contribution in [3.05, 3.63) is 5.89 Å². The van der Waals surface area contributed by atoms with Gasteiger partial charge in [0.25, 0.3) is 5.22 Å². The van der Waals surface area contributed by atoms with Crippen LogP contribution < -0.4 is 5.32 Å². The standard InChI is InChI=1S/C15H25N3O5S/c1-7-9(2)11(16-13(20)23-15(3,4)5)12-17-18-14(22-12)24-8-10(19)21-6/h9,11H,7-8H2,1-6H3,(H,16,20)/t9?,11-/m0/s1. The number of carbonyl (C=O) groups is 2. The van der Waals surface area contributed by atoms with E-state index < -0.39 is 17.7 Å². The molecule has 8 nitrogen and oxygen atoms in total. The quantitative estimate of drug-likeness (QED) is 0.585. The summed E-state index contributed by atoms with van der Waals surface area (Å²) >= 11 is 1.08. The zero-order valence-electron chi connectivity index (χ0n) is 14.9. The Morgan fingerprint density at radius 2 is 2.00 bits per heavy atom. The van der Waals surface area contributed by atoms with Crippen LogP contribution in [0.4, 0.5) is 4.79 Å². The van der Waals surface area contributed by atoms with Crippen molar-refractivity contribution in [2.45, 2.75) is 57.9 Å². The second-order valence-corrected chi connectivity index (χ2v) is 7.21. The monoisotopic (exact) mass is 359 g/mol. The van der Waals surface area contributed by atoms with Gasteiger partial charge in [0.15, 0.2) is 0 Å². The van der Waals surface area contributed by atoms with Crippen molar-refractivity contribution in [2.75, 3.05) is 12.9 Å². The number of rotatable bonds is 7. The third kappa shape index (κ3) is 6.77. The molecule has 1 aromatic heterocycles. The number of methoxy groups -OCH3 is 1. The minimum Gasteiger partial charge on any atom is -0.468 e. The predicted octanol–water partition coefficient (Wildman–Crippen LogP) is 2.95. The van der Waals surface area contributed by atoms with Crippen LogP contribution in [-0.4, -0.2) is 40.7 Å². The Balaban J connectivity index is 2.80. The average molecular weight is 359 g/mol. The molecule has 1 N–H and O–H groups in total. The molecule has 1 heterocycles. The van der Waals surface area contributed by atoms with E-state index in [9.17, 15) is 9.59 Å². The Kier molecular flexibility index (Phi) is 7.53. The molecule has 136 valence electrons. The first kappa shape index (κ1) is 20.3. The minimum absolute atomic E-state index is 0.0661.